The van der Waals surface area contributed by atoms with Crippen LogP contribution in [0.4, 0.5) is 5.69 Å². The normalized spacial score (nSPS) is 10.9. The third-order valence-electron chi connectivity index (χ3n) is 4.46. The van der Waals surface area contributed by atoms with Crippen LogP contribution in [0.15, 0.2) is 78.9 Å². The van der Waals surface area contributed by atoms with Crippen LogP contribution in [-0.2, 0) is 10.2 Å². The maximum absolute atomic E-state index is 12.3. The van der Waals surface area contributed by atoms with Gasteiger partial charge in [0.05, 0.1) is 0 Å². The average molecular weight is 403 g/mol. The first-order valence-corrected chi connectivity index (χ1v) is 9.72. The van der Waals surface area contributed by atoms with Crippen LogP contribution >= 0.6 is 0 Å². The first-order chi connectivity index (χ1) is 14.3. The van der Waals surface area contributed by atoms with Crippen molar-refractivity contribution in [2.45, 2.75) is 26.2 Å². The number of benzene rings is 3. The Kier molecular flexibility index (Phi) is 6.52. The maximum atomic E-state index is 12.3. The van der Waals surface area contributed by atoms with Crippen LogP contribution in [0.3, 0.4) is 0 Å². The highest BCUT2D eigenvalue weighted by molar-refractivity contribution is 6.04. The van der Waals surface area contributed by atoms with Crippen molar-refractivity contribution in [1.82, 2.24) is 0 Å². The number of anilines is 1. The zero-order valence-corrected chi connectivity index (χ0v) is 17.3. The van der Waals surface area contributed by atoms with Crippen LogP contribution in [0.1, 0.15) is 36.7 Å². The van der Waals surface area contributed by atoms with E-state index in [4.69, 9.17) is 9.47 Å². The van der Waals surface area contributed by atoms with Gasteiger partial charge in [-0.1, -0.05) is 51.1 Å². The van der Waals surface area contributed by atoms with Gasteiger partial charge in [-0.15, -0.1) is 0 Å². The van der Waals surface area contributed by atoms with Crippen molar-refractivity contribution >= 4 is 17.6 Å². The molecule has 0 fully saturated rings. The Morgan fingerprint density at radius 1 is 0.800 bits per heavy atom. The molecule has 1 amide bonds. The van der Waals surface area contributed by atoms with Crippen LogP contribution in [0.5, 0.6) is 11.5 Å². The third-order valence-corrected chi connectivity index (χ3v) is 4.46. The zero-order valence-electron chi connectivity index (χ0n) is 17.3. The van der Waals surface area contributed by atoms with E-state index in [9.17, 15) is 9.59 Å². The topological polar surface area (TPSA) is 64.6 Å². The lowest BCUT2D eigenvalue weighted by atomic mass is 9.87. The molecule has 0 spiro atoms. The first-order valence-electron chi connectivity index (χ1n) is 9.72. The second-order valence-corrected chi connectivity index (χ2v) is 7.88. The number of para-hydroxylation sites is 1. The van der Waals surface area contributed by atoms with Gasteiger partial charge in [0.25, 0.3) is 5.91 Å². The quantitative estimate of drug-likeness (QED) is 0.453. The number of rotatable bonds is 6. The Labute approximate surface area is 176 Å². The molecule has 3 aromatic rings. The van der Waals surface area contributed by atoms with Crippen molar-refractivity contribution in [2.75, 3.05) is 11.9 Å². The second kappa shape index (κ2) is 9.27. The Morgan fingerprint density at radius 2 is 1.40 bits per heavy atom. The fourth-order valence-corrected chi connectivity index (χ4v) is 2.75. The van der Waals surface area contributed by atoms with E-state index in [0.29, 0.717) is 22.7 Å². The molecule has 0 aliphatic carbocycles. The van der Waals surface area contributed by atoms with Crippen molar-refractivity contribution < 1.29 is 19.1 Å². The molecule has 0 radical (unpaired) electrons. The van der Waals surface area contributed by atoms with E-state index in [-0.39, 0.29) is 17.9 Å². The molecule has 0 unspecified atom stereocenters. The summed E-state index contributed by atoms with van der Waals surface area (Å²) in [6.45, 7) is 6.20. The molecule has 0 atom stereocenters. The molecule has 0 saturated carbocycles. The van der Waals surface area contributed by atoms with E-state index in [1.807, 2.05) is 54.6 Å². The summed E-state index contributed by atoms with van der Waals surface area (Å²) in [5, 5.41) is 2.80. The number of carbonyl (C=O) groups excluding carboxylic acids is 2. The van der Waals surface area contributed by atoms with Gasteiger partial charge >= 0.3 is 5.97 Å². The lowest BCUT2D eigenvalue weighted by molar-refractivity contribution is -0.136. The van der Waals surface area contributed by atoms with Gasteiger partial charge in [0.2, 0.25) is 0 Å². The van der Waals surface area contributed by atoms with Gasteiger partial charge in [0.1, 0.15) is 11.5 Å². The smallest absolute Gasteiger partial charge is 0.349 e. The molecule has 0 aliphatic heterocycles. The molecule has 0 bridgehead atoms. The Hall–Kier alpha value is -3.60. The molecule has 1 N–H and O–H groups in total. The van der Waals surface area contributed by atoms with Gasteiger partial charge in [-0.2, -0.15) is 0 Å². The monoisotopic (exact) mass is 403 g/mol. The van der Waals surface area contributed by atoms with Crippen molar-refractivity contribution in [3.8, 4) is 11.5 Å². The lowest BCUT2D eigenvalue weighted by Crippen LogP contribution is -2.18. The summed E-state index contributed by atoms with van der Waals surface area (Å²) in [6, 6.07) is 23.2. The van der Waals surface area contributed by atoms with E-state index in [0.717, 1.165) is 0 Å². The van der Waals surface area contributed by atoms with Crippen LogP contribution in [0.25, 0.3) is 0 Å². The molecular formula is C25H25NO4. The van der Waals surface area contributed by atoms with Crippen molar-refractivity contribution in [1.29, 1.82) is 0 Å². The molecule has 0 saturated heterocycles. The summed E-state index contributed by atoms with van der Waals surface area (Å²) in [4.78, 5) is 24.3. The number of amides is 1. The van der Waals surface area contributed by atoms with E-state index >= 15 is 0 Å². The predicted molar refractivity (Wildman–Crippen MR) is 117 cm³/mol. The van der Waals surface area contributed by atoms with E-state index in [1.165, 1.54) is 5.56 Å². The summed E-state index contributed by atoms with van der Waals surface area (Å²) < 4.78 is 10.8. The van der Waals surface area contributed by atoms with Crippen molar-refractivity contribution in [3.05, 3.63) is 90.0 Å². The van der Waals surface area contributed by atoms with Crippen LogP contribution < -0.4 is 14.8 Å². The average Bonchev–Trinajstić information content (AvgIpc) is 2.73. The summed E-state index contributed by atoms with van der Waals surface area (Å²) in [7, 11) is 0. The SMILES string of the molecule is CC(C)(C)c1ccc(OCC(=O)Oc2ccc(C(=O)Nc3ccccc3)cc2)cc1. The summed E-state index contributed by atoms with van der Waals surface area (Å²) in [5.74, 6) is 0.202. The van der Waals surface area contributed by atoms with E-state index in [2.05, 4.69) is 26.1 Å². The fourth-order valence-electron chi connectivity index (χ4n) is 2.75. The summed E-state index contributed by atoms with van der Waals surface area (Å²) in [5.41, 5.74) is 2.43. The molecule has 5 heteroatoms. The number of ether oxygens (including phenoxy) is 2. The highest BCUT2D eigenvalue weighted by atomic mass is 16.6. The molecule has 0 aromatic heterocycles. The van der Waals surface area contributed by atoms with Crippen LogP contribution in [0, 0.1) is 0 Å². The van der Waals surface area contributed by atoms with Gasteiger partial charge in [0.15, 0.2) is 6.61 Å². The zero-order chi connectivity index (χ0) is 21.6. The third kappa shape index (κ3) is 5.95. The molecule has 0 heterocycles. The minimum atomic E-state index is -0.517. The standard InChI is InChI=1S/C25H25NO4/c1-25(2,3)19-11-15-21(16-12-19)29-17-23(27)30-22-13-9-18(10-14-22)24(28)26-20-7-5-4-6-8-20/h4-16H,17H2,1-3H3,(H,26,28). The highest BCUT2D eigenvalue weighted by Gasteiger charge is 2.14. The second-order valence-electron chi connectivity index (χ2n) is 7.88. The molecule has 3 rings (SSSR count). The molecular weight excluding hydrogens is 378 g/mol. The number of esters is 1. The lowest BCUT2D eigenvalue weighted by Gasteiger charge is -2.19. The van der Waals surface area contributed by atoms with Gasteiger partial charge in [-0.25, -0.2) is 4.79 Å². The minimum absolute atomic E-state index is 0.0572. The molecule has 3 aromatic carbocycles. The summed E-state index contributed by atoms with van der Waals surface area (Å²) >= 11 is 0. The van der Waals surface area contributed by atoms with Crippen molar-refractivity contribution in [3.63, 3.8) is 0 Å². The Balaban J connectivity index is 1.50. The number of nitrogens with one attached hydrogen (secondary N) is 1. The maximum Gasteiger partial charge on any atom is 0.349 e. The minimum Gasteiger partial charge on any atom is -0.482 e. The highest BCUT2D eigenvalue weighted by Crippen LogP contribution is 2.24. The van der Waals surface area contributed by atoms with Gasteiger partial charge in [0, 0.05) is 11.3 Å². The number of hydrogen-bond donors (Lipinski definition) is 1. The van der Waals surface area contributed by atoms with E-state index in [1.54, 1.807) is 24.3 Å². The van der Waals surface area contributed by atoms with Gasteiger partial charge in [-0.05, 0) is 59.5 Å². The van der Waals surface area contributed by atoms with Crippen LogP contribution in [-0.4, -0.2) is 18.5 Å². The number of hydrogen-bond acceptors (Lipinski definition) is 4. The summed E-state index contributed by atoms with van der Waals surface area (Å²) in [6.07, 6.45) is 0. The molecule has 5 nitrogen and oxygen atoms in total. The van der Waals surface area contributed by atoms with Crippen molar-refractivity contribution in [2.24, 2.45) is 0 Å². The van der Waals surface area contributed by atoms with Crippen LogP contribution in [0.2, 0.25) is 0 Å². The molecule has 154 valence electrons. The Morgan fingerprint density at radius 3 is 2.00 bits per heavy atom. The van der Waals surface area contributed by atoms with E-state index < -0.39 is 5.97 Å². The fraction of sp³-hybridized carbons (Fsp3) is 0.200. The molecule has 30 heavy (non-hydrogen) atoms. The number of carbonyl (C=O) groups is 2. The first kappa shape index (κ1) is 21.1. The van der Waals surface area contributed by atoms with Gasteiger partial charge in [-0.3, -0.25) is 4.79 Å². The Bertz CT molecular complexity index is 988. The van der Waals surface area contributed by atoms with Gasteiger partial charge < -0.3 is 14.8 Å². The largest absolute Gasteiger partial charge is 0.482 e. The predicted octanol–water partition coefficient (Wildman–Crippen LogP) is 5.22. The molecule has 0 aliphatic rings.